The molecule has 1 aromatic carbocycles. The van der Waals surface area contributed by atoms with Crippen LogP contribution in [0, 0.1) is 5.92 Å². The van der Waals surface area contributed by atoms with Gasteiger partial charge in [-0.2, -0.15) is 0 Å². The van der Waals surface area contributed by atoms with E-state index >= 15 is 0 Å². The Morgan fingerprint density at radius 1 is 1.26 bits per heavy atom. The Morgan fingerprint density at radius 2 is 1.95 bits per heavy atom. The highest BCUT2D eigenvalue weighted by Crippen LogP contribution is 2.31. The first-order valence-electron chi connectivity index (χ1n) is 7.07. The molecule has 1 aliphatic rings. The predicted octanol–water partition coefficient (Wildman–Crippen LogP) is 3.91. The monoisotopic (exact) mass is 283 g/mol. The van der Waals surface area contributed by atoms with Crippen LogP contribution in [0.5, 0.6) is 5.75 Å². The van der Waals surface area contributed by atoms with Crippen LogP contribution in [0.3, 0.4) is 0 Å². The fourth-order valence-corrected chi connectivity index (χ4v) is 2.10. The zero-order valence-corrected chi connectivity index (χ0v) is 13.0. The van der Waals surface area contributed by atoms with Crippen molar-refractivity contribution in [2.75, 3.05) is 6.61 Å². The van der Waals surface area contributed by atoms with E-state index in [1.807, 2.05) is 6.92 Å². The van der Waals surface area contributed by atoms with Crippen molar-refractivity contribution in [1.29, 1.82) is 0 Å². The van der Waals surface area contributed by atoms with E-state index in [9.17, 15) is 0 Å². The normalized spacial score (nSPS) is 16.1. The van der Waals surface area contributed by atoms with Gasteiger partial charge in [0.2, 0.25) is 0 Å². The molecule has 0 amide bonds. The summed E-state index contributed by atoms with van der Waals surface area (Å²) in [5, 5.41) is 0. The molecule has 0 spiro atoms. The zero-order chi connectivity index (χ0) is 13.1. The Bertz CT molecular complexity index is 400. The van der Waals surface area contributed by atoms with Crippen LogP contribution in [0.2, 0.25) is 0 Å². The molecular weight excluding hydrogens is 258 g/mol. The quantitative estimate of drug-likeness (QED) is 0.859. The molecule has 0 bridgehead atoms. The maximum absolute atomic E-state index is 5.94. The molecule has 3 heteroatoms. The molecule has 0 aromatic heterocycles. The Kier molecular flexibility index (Phi) is 6.15. The summed E-state index contributed by atoms with van der Waals surface area (Å²) in [5.41, 5.74) is 8.56. The second-order valence-electron chi connectivity index (χ2n) is 5.96. The van der Waals surface area contributed by atoms with Gasteiger partial charge < -0.3 is 10.5 Å². The average molecular weight is 284 g/mol. The van der Waals surface area contributed by atoms with E-state index < -0.39 is 0 Å². The zero-order valence-electron chi connectivity index (χ0n) is 12.2. The van der Waals surface area contributed by atoms with Gasteiger partial charge in [0.25, 0.3) is 0 Å². The first-order valence-corrected chi connectivity index (χ1v) is 7.07. The maximum atomic E-state index is 5.94. The van der Waals surface area contributed by atoms with Gasteiger partial charge in [-0.15, -0.1) is 12.4 Å². The molecule has 0 heterocycles. The Hall–Kier alpha value is -0.730. The highest BCUT2D eigenvalue weighted by atomic mass is 35.5. The van der Waals surface area contributed by atoms with E-state index in [2.05, 4.69) is 32.0 Å². The topological polar surface area (TPSA) is 35.2 Å². The smallest absolute Gasteiger partial charge is 0.122 e. The van der Waals surface area contributed by atoms with Crippen molar-refractivity contribution in [3.05, 3.63) is 29.3 Å². The molecule has 2 rings (SSSR count). The van der Waals surface area contributed by atoms with Gasteiger partial charge in [0, 0.05) is 6.04 Å². The summed E-state index contributed by atoms with van der Waals surface area (Å²) >= 11 is 0. The van der Waals surface area contributed by atoms with Gasteiger partial charge in [-0.25, -0.2) is 0 Å². The van der Waals surface area contributed by atoms with E-state index in [1.54, 1.807) is 0 Å². The number of rotatable bonds is 6. The lowest BCUT2D eigenvalue weighted by molar-refractivity contribution is 0.296. The third-order valence-electron chi connectivity index (χ3n) is 3.46. The lowest BCUT2D eigenvalue weighted by atomic mass is 9.97. The summed E-state index contributed by atoms with van der Waals surface area (Å²) in [5.74, 6) is 2.37. The van der Waals surface area contributed by atoms with Crippen LogP contribution in [0.1, 0.15) is 50.7 Å². The molecule has 1 aromatic rings. The molecule has 0 aliphatic heterocycles. The summed E-state index contributed by atoms with van der Waals surface area (Å²) in [6.45, 7) is 7.35. The highest BCUT2D eigenvalue weighted by Gasteiger charge is 2.22. The van der Waals surface area contributed by atoms with E-state index in [1.165, 1.54) is 24.0 Å². The second-order valence-corrected chi connectivity index (χ2v) is 5.96. The van der Waals surface area contributed by atoms with Gasteiger partial charge in [0.05, 0.1) is 6.61 Å². The molecular formula is C16H26ClNO. The molecule has 19 heavy (non-hydrogen) atoms. The van der Waals surface area contributed by atoms with Crippen LogP contribution in [-0.2, 0) is 6.42 Å². The third-order valence-corrected chi connectivity index (χ3v) is 3.46. The fraction of sp³-hybridized carbons (Fsp3) is 0.625. The lowest BCUT2D eigenvalue weighted by Crippen LogP contribution is -2.18. The molecule has 0 radical (unpaired) electrons. The summed E-state index contributed by atoms with van der Waals surface area (Å²) in [7, 11) is 0. The summed E-state index contributed by atoms with van der Waals surface area (Å²) in [6, 6.07) is 6.74. The van der Waals surface area contributed by atoms with Crippen LogP contribution in [0.25, 0.3) is 0 Å². The van der Waals surface area contributed by atoms with Gasteiger partial charge in [-0.1, -0.05) is 26.0 Å². The van der Waals surface area contributed by atoms with Crippen LogP contribution in [0.4, 0.5) is 0 Å². The molecule has 1 fully saturated rings. The molecule has 1 unspecified atom stereocenters. The first kappa shape index (κ1) is 16.3. The maximum Gasteiger partial charge on any atom is 0.122 e. The summed E-state index contributed by atoms with van der Waals surface area (Å²) < 4.78 is 5.94. The van der Waals surface area contributed by atoms with Crippen molar-refractivity contribution >= 4 is 12.4 Å². The lowest BCUT2D eigenvalue weighted by Gasteiger charge is -2.16. The van der Waals surface area contributed by atoms with Gasteiger partial charge in [0.15, 0.2) is 0 Å². The molecule has 1 saturated carbocycles. The standard InChI is InChI=1S/C16H25NO.ClH/c1-11(2)14-6-7-16(18-10-13-4-5-13)15(9-14)8-12(3)17;/h6-7,9,11-13H,4-5,8,10,17H2,1-3H3;1H. The first-order chi connectivity index (χ1) is 8.56. The minimum Gasteiger partial charge on any atom is -0.493 e. The molecule has 108 valence electrons. The number of nitrogens with two attached hydrogens (primary N) is 1. The SMILES string of the molecule is CC(N)Cc1cc(C(C)C)ccc1OCC1CC1.Cl. The average Bonchev–Trinajstić information content (AvgIpc) is 3.10. The summed E-state index contributed by atoms with van der Waals surface area (Å²) in [6.07, 6.45) is 3.54. The van der Waals surface area contributed by atoms with E-state index in [-0.39, 0.29) is 18.4 Å². The predicted molar refractivity (Wildman–Crippen MR) is 83.4 cm³/mol. The largest absolute Gasteiger partial charge is 0.493 e. The Morgan fingerprint density at radius 3 is 2.47 bits per heavy atom. The van der Waals surface area contributed by atoms with Gasteiger partial charge in [0.1, 0.15) is 5.75 Å². The Labute approximate surface area is 123 Å². The molecule has 1 aliphatic carbocycles. The van der Waals surface area contributed by atoms with Crippen molar-refractivity contribution in [3.63, 3.8) is 0 Å². The number of hydrogen-bond donors (Lipinski definition) is 1. The van der Waals surface area contributed by atoms with Crippen molar-refractivity contribution in [3.8, 4) is 5.75 Å². The van der Waals surface area contributed by atoms with Crippen LogP contribution in [0.15, 0.2) is 18.2 Å². The number of halogens is 1. The minimum absolute atomic E-state index is 0. The number of benzene rings is 1. The number of ether oxygens (including phenoxy) is 1. The van der Waals surface area contributed by atoms with E-state index in [0.717, 1.165) is 24.7 Å². The van der Waals surface area contributed by atoms with Gasteiger partial charge in [-0.05, 0) is 55.2 Å². The van der Waals surface area contributed by atoms with Crippen LogP contribution in [-0.4, -0.2) is 12.6 Å². The Balaban J connectivity index is 0.00000180. The molecule has 0 saturated heterocycles. The van der Waals surface area contributed by atoms with Gasteiger partial charge >= 0.3 is 0 Å². The molecule has 2 N–H and O–H groups in total. The van der Waals surface area contributed by atoms with Crippen molar-refractivity contribution in [2.24, 2.45) is 11.7 Å². The molecule has 1 atom stereocenters. The van der Waals surface area contributed by atoms with Crippen molar-refractivity contribution < 1.29 is 4.74 Å². The van der Waals surface area contributed by atoms with Crippen molar-refractivity contribution in [2.45, 2.75) is 52.0 Å². The fourth-order valence-electron chi connectivity index (χ4n) is 2.10. The van der Waals surface area contributed by atoms with Crippen molar-refractivity contribution in [1.82, 2.24) is 0 Å². The highest BCUT2D eigenvalue weighted by molar-refractivity contribution is 5.85. The third kappa shape index (κ3) is 5.04. The molecule has 2 nitrogen and oxygen atoms in total. The van der Waals surface area contributed by atoms with E-state index in [4.69, 9.17) is 10.5 Å². The van der Waals surface area contributed by atoms with Crippen LogP contribution < -0.4 is 10.5 Å². The van der Waals surface area contributed by atoms with Crippen LogP contribution >= 0.6 is 12.4 Å². The van der Waals surface area contributed by atoms with E-state index in [0.29, 0.717) is 5.92 Å². The van der Waals surface area contributed by atoms with Gasteiger partial charge in [-0.3, -0.25) is 0 Å². The minimum atomic E-state index is 0. The number of hydrogen-bond acceptors (Lipinski definition) is 2. The second kappa shape index (κ2) is 7.16. The summed E-state index contributed by atoms with van der Waals surface area (Å²) in [4.78, 5) is 0.